The lowest BCUT2D eigenvalue weighted by atomic mass is 10.0. The third kappa shape index (κ3) is 3.03. The van der Waals surface area contributed by atoms with Gasteiger partial charge in [0.2, 0.25) is 0 Å². The molecule has 1 saturated heterocycles. The van der Waals surface area contributed by atoms with E-state index in [9.17, 15) is 10.0 Å². The first-order valence-corrected chi connectivity index (χ1v) is 5.69. The largest absolute Gasteiger partial charge is 0.634 e. The lowest BCUT2D eigenvalue weighted by Crippen LogP contribution is -3.16. The predicted octanol–water partition coefficient (Wildman–Crippen LogP) is -0.963. The standard InChI is InChI=1S/C12H16N2O3/c15-12(16)11-8-14(17)10(7-13-11)6-9-4-2-1-3-5-9/h1-5,10-11,13-14H,6-8H2,(H,15,16)/t10-,11-/m1/s1. The van der Waals surface area contributed by atoms with Crippen LogP contribution in [-0.4, -0.2) is 36.2 Å². The van der Waals surface area contributed by atoms with Crippen LogP contribution in [0.25, 0.3) is 0 Å². The molecule has 3 atom stereocenters. The van der Waals surface area contributed by atoms with E-state index in [0.717, 1.165) is 5.56 Å². The molecule has 0 radical (unpaired) electrons. The van der Waals surface area contributed by atoms with Gasteiger partial charge >= 0.3 is 5.97 Å². The molecular formula is C12H16N2O3. The molecule has 0 aliphatic carbocycles. The Kier molecular flexibility index (Phi) is 3.73. The summed E-state index contributed by atoms with van der Waals surface area (Å²) in [4.78, 5) is 10.8. The first-order chi connectivity index (χ1) is 8.16. The predicted molar refractivity (Wildman–Crippen MR) is 62.6 cm³/mol. The van der Waals surface area contributed by atoms with E-state index in [1.165, 1.54) is 0 Å². The lowest BCUT2D eigenvalue weighted by molar-refractivity contribution is -0.879. The van der Waals surface area contributed by atoms with Crippen LogP contribution in [0.3, 0.4) is 0 Å². The van der Waals surface area contributed by atoms with Crippen molar-refractivity contribution in [2.75, 3.05) is 13.1 Å². The first kappa shape index (κ1) is 12.0. The van der Waals surface area contributed by atoms with E-state index in [-0.39, 0.29) is 17.6 Å². The maximum atomic E-state index is 11.8. The molecule has 0 saturated carbocycles. The highest BCUT2D eigenvalue weighted by molar-refractivity contribution is 5.73. The number of rotatable bonds is 3. The highest BCUT2D eigenvalue weighted by atomic mass is 16.5. The number of carboxylic acid groups (broad SMARTS) is 1. The van der Waals surface area contributed by atoms with E-state index in [2.05, 4.69) is 5.32 Å². The highest BCUT2D eigenvalue weighted by Crippen LogP contribution is 2.02. The van der Waals surface area contributed by atoms with Gasteiger partial charge in [-0.3, -0.25) is 10.1 Å². The van der Waals surface area contributed by atoms with E-state index in [1.54, 1.807) is 0 Å². The Morgan fingerprint density at radius 2 is 2.18 bits per heavy atom. The molecule has 17 heavy (non-hydrogen) atoms. The average molecular weight is 236 g/mol. The molecule has 0 spiro atoms. The molecule has 1 aliphatic heterocycles. The highest BCUT2D eigenvalue weighted by Gasteiger charge is 2.30. The number of hydrogen-bond acceptors (Lipinski definition) is 3. The van der Waals surface area contributed by atoms with Gasteiger partial charge in [0.25, 0.3) is 0 Å². The van der Waals surface area contributed by atoms with Crippen LogP contribution in [0, 0.1) is 5.21 Å². The summed E-state index contributed by atoms with van der Waals surface area (Å²) in [5.74, 6) is -0.948. The van der Waals surface area contributed by atoms with Crippen LogP contribution < -0.4 is 10.4 Å². The Morgan fingerprint density at radius 1 is 1.47 bits per heavy atom. The third-order valence-corrected chi connectivity index (χ3v) is 3.09. The Hall–Kier alpha value is -1.43. The molecule has 5 heteroatoms. The van der Waals surface area contributed by atoms with Crippen LogP contribution >= 0.6 is 0 Å². The number of carboxylic acids is 1. The van der Waals surface area contributed by atoms with Crippen LogP contribution in [0.4, 0.5) is 0 Å². The molecular weight excluding hydrogens is 220 g/mol. The summed E-state index contributed by atoms with van der Waals surface area (Å²) >= 11 is 0. The molecule has 92 valence electrons. The number of aliphatic carboxylic acids is 1. The van der Waals surface area contributed by atoms with Crippen LogP contribution in [0.5, 0.6) is 0 Å². The number of nitrogens with one attached hydrogen (secondary N) is 2. The maximum absolute atomic E-state index is 11.8. The van der Waals surface area contributed by atoms with E-state index in [1.807, 2.05) is 30.3 Å². The lowest BCUT2D eigenvalue weighted by Gasteiger charge is -2.38. The minimum Gasteiger partial charge on any atom is -0.634 e. The molecule has 1 fully saturated rings. The second-order valence-corrected chi connectivity index (χ2v) is 4.36. The minimum atomic E-state index is -0.948. The van der Waals surface area contributed by atoms with Gasteiger partial charge in [-0.2, -0.15) is 0 Å². The fourth-order valence-electron chi connectivity index (χ4n) is 2.10. The van der Waals surface area contributed by atoms with Crippen molar-refractivity contribution in [2.24, 2.45) is 0 Å². The van der Waals surface area contributed by atoms with Crippen LogP contribution in [0.1, 0.15) is 5.56 Å². The van der Waals surface area contributed by atoms with Gasteiger partial charge in [0, 0.05) is 13.0 Å². The number of piperazine rings is 1. The van der Waals surface area contributed by atoms with Crippen molar-refractivity contribution in [1.29, 1.82) is 0 Å². The van der Waals surface area contributed by atoms with Gasteiger partial charge < -0.3 is 15.4 Å². The molecule has 1 unspecified atom stereocenters. The molecule has 1 heterocycles. The molecule has 0 bridgehead atoms. The van der Waals surface area contributed by atoms with Gasteiger partial charge in [0.05, 0.1) is 0 Å². The van der Waals surface area contributed by atoms with Crippen molar-refractivity contribution in [3.05, 3.63) is 41.1 Å². The van der Waals surface area contributed by atoms with Crippen molar-refractivity contribution in [3.8, 4) is 0 Å². The summed E-state index contributed by atoms with van der Waals surface area (Å²) in [5, 5.41) is 23.6. The van der Waals surface area contributed by atoms with Gasteiger partial charge in [-0.1, -0.05) is 30.3 Å². The zero-order chi connectivity index (χ0) is 12.3. The molecule has 1 aromatic rings. The summed E-state index contributed by atoms with van der Waals surface area (Å²) < 4.78 is 0. The minimum absolute atomic E-state index is 0.0417. The first-order valence-electron chi connectivity index (χ1n) is 5.69. The van der Waals surface area contributed by atoms with Gasteiger partial charge in [-0.15, -0.1) is 0 Å². The monoisotopic (exact) mass is 236 g/mol. The number of benzene rings is 1. The summed E-state index contributed by atoms with van der Waals surface area (Å²) in [7, 11) is 0. The fourth-order valence-corrected chi connectivity index (χ4v) is 2.10. The summed E-state index contributed by atoms with van der Waals surface area (Å²) in [6.45, 7) is 0.539. The summed E-state index contributed by atoms with van der Waals surface area (Å²) in [6, 6.07) is 8.96. The van der Waals surface area contributed by atoms with E-state index >= 15 is 0 Å². The van der Waals surface area contributed by atoms with Crippen LogP contribution in [0.15, 0.2) is 30.3 Å². The van der Waals surface area contributed by atoms with E-state index in [0.29, 0.717) is 13.0 Å². The van der Waals surface area contributed by atoms with Gasteiger partial charge in [0.15, 0.2) is 6.04 Å². The van der Waals surface area contributed by atoms with E-state index < -0.39 is 12.0 Å². The molecule has 0 amide bonds. The second-order valence-electron chi connectivity index (χ2n) is 4.36. The molecule has 0 aromatic heterocycles. The normalized spacial score (nSPS) is 28.9. The van der Waals surface area contributed by atoms with Crippen molar-refractivity contribution in [2.45, 2.75) is 18.5 Å². The van der Waals surface area contributed by atoms with Crippen LogP contribution in [-0.2, 0) is 11.2 Å². The quantitative estimate of drug-likeness (QED) is 0.591. The Labute approximate surface area is 99.6 Å². The third-order valence-electron chi connectivity index (χ3n) is 3.09. The molecule has 1 aromatic carbocycles. The number of hydroxylamine groups is 2. The summed E-state index contributed by atoms with van der Waals surface area (Å²) in [6.07, 6.45) is 0.680. The van der Waals surface area contributed by atoms with Crippen molar-refractivity contribution in [1.82, 2.24) is 5.32 Å². The van der Waals surface area contributed by atoms with Gasteiger partial charge in [0.1, 0.15) is 12.6 Å². The van der Waals surface area contributed by atoms with Gasteiger partial charge in [-0.05, 0) is 5.56 Å². The topological polar surface area (TPSA) is 76.8 Å². The smallest absolute Gasteiger partial charge is 0.326 e. The maximum Gasteiger partial charge on any atom is 0.326 e. The SMILES string of the molecule is O=C(O)[C@H]1C[NH+]([O-])[C@H](Cc2ccccc2)CN1. The summed E-state index contributed by atoms with van der Waals surface area (Å²) in [5.41, 5.74) is 1.11. The molecule has 1 aliphatic rings. The second kappa shape index (κ2) is 5.27. The van der Waals surface area contributed by atoms with Crippen molar-refractivity contribution < 1.29 is 15.0 Å². The molecule has 5 nitrogen and oxygen atoms in total. The average Bonchev–Trinajstić information content (AvgIpc) is 2.33. The molecule has 3 N–H and O–H groups in total. The van der Waals surface area contributed by atoms with E-state index in [4.69, 9.17) is 5.11 Å². The Bertz CT molecular complexity index is 383. The zero-order valence-electron chi connectivity index (χ0n) is 9.43. The molecule has 2 rings (SSSR count). The number of quaternary nitrogens is 1. The Balaban J connectivity index is 1.94. The fraction of sp³-hybridized carbons (Fsp3) is 0.417. The number of hydrogen-bond donors (Lipinski definition) is 3. The van der Waals surface area contributed by atoms with Crippen molar-refractivity contribution in [3.63, 3.8) is 0 Å². The van der Waals surface area contributed by atoms with Crippen molar-refractivity contribution >= 4 is 5.97 Å². The number of carbonyl (C=O) groups is 1. The van der Waals surface area contributed by atoms with Crippen LogP contribution in [0.2, 0.25) is 0 Å². The van der Waals surface area contributed by atoms with Gasteiger partial charge in [-0.25, -0.2) is 0 Å². The zero-order valence-corrected chi connectivity index (χ0v) is 9.43. The Morgan fingerprint density at radius 3 is 2.76 bits per heavy atom.